The van der Waals surface area contributed by atoms with Gasteiger partial charge in [0.25, 0.3) is 11.8 Å². The minimum atomic E-state index is -1.11. The first kappa shape index (κ1) is 36.2. The molecule has 3 N–H and O–H groups in total. The number of aliphatic hydroxyl groups excluding tert-OH is 1. The largest absolute Gasteiger partial charge is 0.390 e. The SMILES string of the molecule is C=C(c1ccccc1)c1cccc(CNC[C@@H](O)[C@H](Cc2cc(F)cc(F)c2)NC(=O)c2cc(C)cc(C(=O)N(CCC)CCC)c2)c1. The first-order chi connectivity index (χ1) is 23.1. The summed E-state index contributed by atoms with van der Waals surface area (Å²) >= 11 is 0. The van der Waals surface area contributed by atoms with Gasteiger partial charge in [-0.2, -0.15) is 0 Å². The highest BCUT2D eigenvalue weighted by Gasteiger charge is 2.24. The van der Waals surface area contributed by atoms with Crippen molar-refractivity contribution in [3.8, 4) is 0 Å². The average Bonchev–Trinajstić information content (AvgIpc) is 3.07. The molecule has 4 aromatic carbocycles. The Morgan fingerprint density at radius 1 is 0.792 bits per heavy atom. The number of carbonyl (C=O) groups is 2. The van der Waals surface area contributed by atoms with Crippen molar-refractivity contribution in [2.45, 2.75) is 58.7 Å². The van der Waals surface area contributed by atoms with Gasteiger partial charge >= 0.3 is 0 Å². The van der Waals surface area contributed by atoms with Gasteiger partial charge in [0.15, 0.2) is 0 Å². The van der Waals surface area contributed by atoms with E-state index < -0.39 is 29.7 Å². The summed E-state index contributed by atoms with van der Waals surface area (Å²) in [5.41, 5.74) is 5.56. The van der Waals surface area contributed by atoms with Crippen LogP contribution >= 0.6 is 0 Å². The van der Waals surface area contributed by atoms with Crippen molar-refractivity contribution in [1.82, 2.24) is 15.5 Å². The highest BCUT2D eigenvalue weighted by Crippen LogP contribution is 2.22. The van der Waals surface area contributed by atoms with Crippen molar-refractivity contribution in [3.05, 3.63) is 148 Å². The Balaban J connectivity index is 1.50. The quantitative estimate of drug-likeness (QED) is 0.121. The molecule has 0 saturated heterocycles. The molecule has 0 aromatic heterocycles. The molecule has 4 rings (SSSR count). The van der Waals surface area contributed by atoms with E-state index >= 15 is 0 Å². The van der Waals surface area contributed by atoms with Gasteiger partial charge in [0.2, 0.25) is 0 Å². The van der Waals surface area contributed by atoms with Gasteiger partial charge in [-0.05, 0) is 96.0 Å². The predicted octanol–water partition coefficient (Wildman–Crippen LogP) is 7.09. The second-order valence-corrected chi connectivity index (χ2v) is 12.2. The second kappa shape index (κ2) is 17.5. The van der Waals surface area contributed by atoms with Crippen LogP contribution in [0.1, 0.15) is 75.2 Å². The Kier molecular flexibility index (Phi) is 13.2. The van der Waals surface area contributed by atoms with Crippen LogP contribution < -0.4 is 10.6 Å². The maximum atomic E-state index is 14.1. The molecule has 6 nitrogen and oxygen atoms in total. The summed E-state index contributed by atoms with van der Waals surface area (Å²) in [6, 6.07) is 25.1. The smallest absolute Gasteiger partial charge is 0.253 e. The van der Waals surface area contributed by atoms with Gasteiger partial charge in [-0.3, -0.25) is 9.59 Å². The topological polar surface area (TPSA) is 81.7 Å². The number of nitrogens with zero attached hydrogens (tertiary/aromatic N) is 1. The number of rotatable bonds is 16. The van der Waals surface area contributed by atoms with E-state index in [2.05, 4.69) is 17.2 Å². The van der Waals surface area contributed by atoms with Gasteiger partial charge in [-0.25, -0.2) is 8.78 Å². The molecule has 2 amide bonds. The van der Waals surface area contributed by atoms with Gasteiger partial charge in [0.1, 0.15) is 11.6 Å². The second-order valence-electron chi connectivity index (χ2n) is 12.2. The first-order valence-electron chi connectivity index (χ1n) is 16.5. The number of hydrogen-bond donors (Lipinski definition) is 3. The lowest BCUT2D eigenvalue weighted by atomic mass is 9.98. The molecule has 48 heavy (non-hydrogen) atoms. The summed E-state index contributed by atoms with van der Waals surface area (Å²) in [6.07, 6.45) is 0.494. The van der Waals surface area contributed by atoms with E-state index in [9.17, 15) is 23.5 Å². The summed E-state index contributed by atoms with van der Waals surface area (Å²) in [4.78, 5) is 28.7. The number of nitrogens with one attached hydrogen (secondary N) is 2. The van der Waals surface area contributed by atoms with Crippen LogP contribution in [0.25, 0.3) is 5.57 Å². The van der Waals surface area contributed by atoms with Crippen molar-refractivity contribution >= 4 is 17.4 Å². The maximum Gasteiger partial charge on any atom is 0.253 e. The van der Waals surface area contributed by atoms with Crippen LogP contribution in [0.15, 0.2) is 97.6 Å². The number of carbonyl (C=O) groups excluding carboxylic acids is 2. The molecule has 0 saturated carbocycles. The third kappa shape index (κ3) is 10.2. The van der Waals surface area contributed by atoms with Crippen LogP contribution in [0.4, 0.5) is 8.78 Å². The normalized spacial score (nSPS) is 12.3. The molecule has 8 heteroatoms. The van der Waals surface area contributed by atoms with Crippen molar-refractivity contribution < 1.29 is 23.5 Å². The zero-order valence-corrected chi connectivity index (χ0v) is 27.9. The molecule has 0 spiro atoms. The van der Waals surface area contributed by atoms with Crippen LogP contribution in [0, 0.1) is 18.6 Å². The summed E-state index contributed by atoms with van der Waals surface area (Å²) in [5.74, 6) is -2.14. The van der Waals surface area contributed by atoms with Gasteiger partial charge in [-0.1, -0.05) is 69.0 Å². The van der Waals surface area contributed by atoms with Crippen molar-refractivity contribution in [3.63, 3.8) is 0 Å². The van der Waals surface area contributed by atoms with Gasteiger partial charge in [0.05, 0.1) is 12.1 Å². The molecule has 252 valence electrons. The fourth-order valence-electron chi connectivity index (χ4n) is 5.77. The van der Waals surface area contributed by atoms with E-state index in [1.165, 1.54) is 12.1 Å². The Labute approximate surface area is 282 Å². The Morgan fingerprint density at radius 2 is 1.44 bits per heavy atom. The third-order valence-electron chi connectivity index (χ3n) is 8.10. The predicted molar refractivity (Wildman–Crippen MR) is 188 cm³/mol. The standard InChI is InChI=1S/C40H45F2N3O3/c1-5-15-45(16-6-2)40(48)34-18-27(3)17-33(23-34)39(47)44-37(22-30-20-35(41)24-36(42)21-30)38(46)26-43-25-29-11-10-14-32(19-29)28(4)31-12-8-7-9-13-31/h7-14,17-21,23-24,37-38,43,46H,4-6,15-16,22,25-26H2,1-3H3,(H,44,47)/t37-,38+/m0/s1. The molecular weight excluding hydrogens is 608 g/mol. The van der Waals surface area contributed by atoms with E-state index in [0.717, 1.165) is 46.7 Å². The molecule has 0 unspecified atom stereocenters. The van der Waals surface area contributed by atoms with E-state index in [1.54, 1.807) is 23.1 Å². The zero-order valence-electron chi connectivity index (χ0n) is 27.9. The minimum absolute atomic E-state index is 0.0198. The Hall–Kier alpha value is -4.66. The number of amides is 2. The van der Waals surface area contributed by atoms with Crippen LogP contribution in [0.5, 0.6) is 0 Å². The lowest BCUT2D eigenvalue weighted by Gasteiger charge is -2.25. The van der Waals surface area contributed by atoms with Gasteiger partial charge in [0, 0.05) is 43.4 Å². The Bertz CT molecular complexity index is 1680. The molecular formula is C40H45F2N3O3. The maximum absolute atomic E-state index is 14.1. The highest BCUT2D eigenvalue weighted by atomic mass is 19.1. The van der Waals surface area contributed by atoms with Crippen LogP contribution in [-0.4, -0.2) is 53.6 Å². The Morgan fingerprint density at radius 3 is 2.10 bits per heavy atom. The van der Waals surface area contributed by atoms with Crippen LogP contribution in [0.2, 0.25) is 0 Å². The average molecular weight is 654 g/mol. The summed E-state index contributed by atoms with van der Waals surface area (Å²) in [5, 5.41) is 17.4. The molecule has 0 aliphatic carbocycles. The van der Waals surface area contributed by atoms with Crippen LogP contribution in [0.3, 0.4) is 0 Å². The fourth-order valence-corrected chi connectivity index (χ4v) is 5.77. The lowest BCUT2D eigenvalue weighted by molar-refractivity contribution is 0.0755. The zero-order chi connectivity index (χ0) is 34.6. The molecule has 0 aliphatic heterocycles. The van der Waals surface area contributed by atoms with Crippen molar-refractivity contribution in [2.75, 3.05) is 19.6 Å². The van der Waals surface area contributed by atoms with E-state index in [-0.39, 0.29) is 24.4 Å². The first-order valence-corrected chi connectivity index (χ1v) is 16.5. The van der Waals surface area contributed by atoms with Gasteiger partial charge in [-0.15, -0.1) is 0 Å². The summed E-state index contributed by atoms with van der Waals surface area (Å²) in [7, 11) is 0. The highest BCUT2D eigenvalue weighted by molar-refractivity contribution is 6.00. The number of aryl methyl sites for hydroxylation is 1. The third-order valence-corrected chi connectivity index (χ3v) is 8.10. The molecule has 0 bridgehead atoms. The molecule has 0 radical (unpaired) electrons. The molecule has 4 aromatic rings. The summed E-state index contributed by atoms with van der Waals surface area (Å²) < 4.78 is 28.2. The van der Waals surface area contributed by atoms with E-state index in [0.29, 0.717) is 30.8 Å². The lowest BCUT2D eigenvalue weighted by Crippen LogP contribution is -2.48. The summed E-state index contributed by atoms with van der Waals surface area (Å²) in [6.45, 7) is 11.8. The minimum Gasteiger partial charge on any atom is -0.390 e. The number of hydrogen-bond acceptors (Lipinski definition) is 4. The van der Waals surface area contributed by atoms with Crippen molar-refractivity contribution in [2.24, 2.45) is 0 Å². The number of aliphatic hydroxyl groups is 1. The fraction of sp³-hybridized carbons (Fsp3) is 0.300. The van der Waals surface area contributed by atoms with Gasteiger partial charge < -0.3 is 20.6 Å². The monoisotopic (exact) mass is 653 g/mol. The van der Waals surface area contributed by atoms with E-state index in [1.807, 2.05) is 75.4 Å². The number of benzene rings is 4. The van der Waals surface area contributed by atoms with E-state index in [4.69, 9.17) is 0 Å². The molecule has 2 atom stereocenters. The molecule has 0 aliphatic rings. The molecule has 0 heterocycles. The van der Waals surface area contributed by atoms with Crippen LogP contribution in [-0.2, 0) is 13.0 Å². The molecule has 0 fully saturated rings. The number of halogens is 2. The van der Waals surface area contributed by atoms with Crippen molar-refractivity contribution in [1.29, 1.82) is 0 Å².